The van der Waals surface area contributed by atoms with E-state index in [0.29, 0.717) is 37.6 Å². The lowest BCUT2D eigenvalue weighted by atomic mass is 9.86. The van der Waals surface area contributed by atoms with Crippen molar-refractivity contribution in [2.24, 2.45) is 0 Å². The van der Waals surface area contributed by atoms with Crippen LogP contribution in [-0.4, -0.2) is 86.3 Å². The Morgan fingerprint density at radius 1 is 1.11 bits per heavy atom. The second kappa shape index (κ2) is 10.8. The Hall–Kier alpha value is -2.32. The molecule has 3 aliphatic rings. The SMILES string of the molecule is CC1COCCN1C[C@H]1CN[C@H](C)CN1CC(=O)N1CC(C)(C)c2ccc(Cc3ccc(F)cc3)cc21. The molecule has 5 rings (SSSR count). The summed E-state index contributed by atoms with van der Waals surface area (Å²) in [5.41, 5.74) is 4.34. The van der Waals surface area contributed by atoms with Crippen LogP contribution in [0.25, 0.3) is 0 Å². The van der Waals surface area contributed by atoms with Gasteiger partial charge in [0.25, 0.3) is 0 Å². The zero-order valence-corrected chi connectivity index (χ0v) is 22.7. The molecule has 3 heterocycles. The lowest BCUT2D eigenvalue weighted by Gasteiger charge is -2.43. The number of hydrogen-bond acceptors (Lipinski definition) is 5. The van der Waals surface area contributed by atoms with Crippen LogP contribution in [0.15, 0.2) is 42.5 Å². The number of amides is 1. The number of hydrogen-bond donors (Lipinski definition) is 1. The zero-order valence-electron chi connectivity index (χ0n) is 22.7. The maximum Gasteiger partial charge on any atom is 0.241 e. The summed E-state index contributed by atoms with van der Waals surface area (Å²) in [6, 6.07) is 14.2. The van der Waals surface area contributed by atoms with Crippen LogP contribution in [0.4, 0.5) is 10.1 Å². The van der Waals surface area contributed by atoms with E-state index in [1.54, 1.807) is 0 Å². The number of rotatable bonds is 6. The van der Waals surface area contributed by atoms with Crippen LogP contribution in [0.1, 0.15) is 44.4 Å². The molecule has 1 unspecified atom stereocenters. The van der Waals surface area contributed by atoms with Gasteiger partial charge in [0.2, 0.25) is 5.91 Å². The molecule has 3 aliphatic heterocycles. The van der Waals surface area contributed by atoms with Gasteiger partial charge < -0.3 is 15.0 Å². The molecule has 0 bridgehead atoms. The maximum absolute atomic E-state index is 13.9. The molecule has 1 amide bonds. The minimum Gasteiger partial charge on any atom is -0.379 e. The second-order valence-corrected chi connectivity index (χ2v) is 11.8. The number of nitrogens with one attached hydrogen (secondary N) is 1. The molecule has 200 valence electrons. The van der Waals surface area contributed by atoms with Crippen LogP contribution in [-0.2, 0) is 21.4 Å². The highest BCUT2D eigenvalue weighted by Gasteiger charge is 2.39. The molecular weight excluding hydrogens is 467 g/mol. The Kier molecular flexibility index (Phi) is 7.68. The molecule has 0 saturated carbocycles. The molecule has 2 saturated heterocycles. The number of morpholine rings is 1. The van der Waals surface area contributed by atoms with E-state index < -0.39 is 0 Å². The van der Waals surface area contributed by atoms with Crippen LogP contribution in [0.2, 0.25) is 0 Å². The number of piperazine rings is 1. The predicted molar refractivity (Wildman–Crippen MR) is 146 cm³/mol. The molecule has 3 atom stereocenters. The topological polar surface area (TPSA) is 48.1 Å². The lowest BCUT2D eigenvalue weighted by Crippen LogP contribution is -2.62. The van der Waals surface area contributed by atoms with Crippen molar-refractivity contribution in [2.75, 3.05) is 57.4 Å². The first-order valence-corrected chi connectivity index (χ1v) is 13.7. The molecule has 2 aromatic rings. The first kappa shape index (κ1) is 26.3. The normalized spacial score (nSPS) is 26.3. The predicted octanol–water partition coefficient (Wildman–Crippen LogP) is 3.42. The molecule has 6 nitrogen and oxygen atoms in total. The van der Waals surface area contributed by atoms with Crippen LogP contribution in [0, 0.1) is 5.82 Å². The second-order valence-electron chi connectivity index (χ2n) is 11.8. The molecule has 1 N–H and O–H groups in total. The summed E-state index contributed by atoms with van der Waals surface area (Å²) in [5.74, 6) is -0.0558. The number of carbonyl (C=O) groups excluding carboxylic acids is 1. The van der Waals surface area contributed by atoms with Crippen LogP contribution in [0.3, 0.4) is 0 Å². The van der Waals surface area contributed by atoms with Crippen molar-refractivity contribution in [3.63, 3.8) is 0 Å². The summed E-state index contributed by atoms with van der Waals surface area (Å²) < 4.78 is 19.0. The maximum atomic E-state index is 13.9. The summed E-state index contributed by atoms with van der Waals surface area (Å²) in [6.07, 6.45) is 0.713. The highest BCUT2D eigenvalue weighted by atomic mass is 19.1. The van der Waals surface area contributed by atoms with E-state index in [2.05, 4.69) is 61.0 Å². The van der Waals surface area contributed by atoms with Crippen LogP contribution in [0.5, 0.6) is 0 Å². The smallest absolute Gasteiger partial charge is 0.241 e. The highest BCUT2D eigenvalue weighted by Crippen LogP contribution is 2.41. The fourth-order valence-corrected chi connectivity index (χ4v) is 6.08. The van der Waals surface area contributed by atoms with Gasteiger partial charge in [-0.05, 0) is 55.2 Å². The van der Waals surface area contributed by atoms with Crippen molar-refractivity contribution in [1.29, 1.82) is 0 Å². The Bertz CT molecular complexity index is 1110. The van der Waals surface area contributed by atoms with Gasteiger partial charge in [-0.3, -0.25) is 14.6 Å². The van der Waals surface area contributed by atoms with E-state index in [0.717, 1.165) is 56.2 Å². The van der Waals surface area contributed by atoms with Crippen molar-refractivity contribution < 1.29 is 13.9 Å². The third-order valence-corrected chi connectivity index (χ3v) is 8.27. The third-order valence-electron chi connectivity index (χ3n) is 8.27. The number of anilines is 1. The molecule has 7 heteroatoms. The van der Waals surface area contributed by atoms with E-state index in [4.69, 9.17) is 4.74 Å². The van der Waals surface area contributed by atoms with E-state index >= 15 is 0 Å². The number of nitrogens with zero attached hydrogens (tertiary/aromatic N) is 3. The fraction of sp³-hybridized carbons (Fsp3) is 0.567. The van der Waals surface area contributed by atoms with Gasteiger partial charge in [0.1, 0.15) is 5.82 Å². The van der Waals surface area contributed by atoms with Gasteiger partial charge in [0.05, 0.1) is 19.8 Å². The Morgan fingerprint density at radius 3 is 2.62 bits per heavy atom. The van der Waals surface area contributed by atoms with Gasteiger partial charge in [-0.25, -0.2) is 4.39 Å². The Morgan fingerprint density at radius 2 is 1.86 bits per heavy atom. The summed E-state index contributed by atoms with van der Waals surface area (Å²) in [7, 11) is 0. The minimum absolute atomic E-state index is 0.0984. The number of carbonyl (C=O) groups is 1. The molecule has 0 aromatic heterocycles. The van der Waals surface area contributed by atoms with Gasteiger partial charge in [0.15, 0.2) is 0 Å². The van der Waals surface area contributed by atoms with Crippen molar-refractivity contribution in [3.8, 4) is 0 Å². The van der Waals surface area contributed by atoms with Gasteiger partial charge in [-0.1, -0.05) is 38.1 Å². The van der Waals surface area contributed by atoms with Crippen LogP contribution < -0.4 is 10.2 Å². The molecular formula is C30H41FN4O2. The van der Waals surface area contributed by atoms with E-state index in [-0.39, 0.29) is 17.1 Å². The van der Waals surface area contributed by atoms with Crippen molar-refractivity contribution in [3.05, 3.63) is 65.0 Å². The Labute approximate surface area is 220 Å². The van der Waals surface area contributed by atoms with E-state index in [1.165, 1.54) is 17.7 Å². The fourth-order valence-electron chi connectivity index (χ4n) is 6.08. The van der Waals surface area contributed by atoms with Gasteiger partial charge in [0, 0.05) is 62.0 Å². The average molecular weight is 509 g/mol. The van der Waals surface area contributed by atoms with Gasteiger partial charge >= 0.3 is 0 Å². The summed E-state index contributed by atoms with van der Waals surface area (Å²) in [6.45, 7) is 15.2. The molecule has 2 aromatic carbocycles. The average Bonchev–Trinajstić information content (AvgIpc) is 3.14. The monoisotopic (exact) mass is 508 g/mol. The van der Waals surface area contributed by atoms with E-state index in [1.807, 2.05) is 17.0 Å². The largest absolute Gasteiger partial charge is 0.379 e. The Balaban J connectivity index is 1.33. The number of halogens is 1. The summed E-state index contributed by atoms with van der Waals surface area (Å²) >= 11 is 0. The van der Waals surface area contributed by atoms with Crippen molar-refractivity contribution in [1.82, 2.24) is 15.1 Å². The van der Waals surface area contributed by atoms with Crippen LogP contribution >= 0.6 is 0 Å². The standard InChI is InChI=1S/C30H41FN4O2/c1-21-16-34(26(15-32-21)17-33-11-12-37-19-22(33)2)18-29(36)35-20-30(3,4)27-10-7-24(14-28(27)35)13-23-5-8-25(31)9-6-23/h5-10,14,21-22,26,32H,11-13,15-20H2,1-4H3/t21-,22?,26-/m1/s1. The first-order valence-electron chi connectivity index (χ1n) is 13.7. The zero-order chi connectivity index (χ0) is 26.2. The highest BCUT2D eigenvalue weighted by molar-refractivity contribution is 5.97. The van der Waals surface area contributed by atoms with Crippen molar-refractivity contribution in [2.45, 2.75) is 57.7 Å². The first-order chi connectivity index (χ1) is 17.7. The lowest BCUT2D eigenvalue weighted by molar-refractivity contribution is -0.121. The molecule has 37 heavy (non-hydrogen) atoms. The molecule has 0 spiro atoms. The quantitative estimate of drug-likeness (QED) is 0.648. The molecule has 0 aliphatic carbocycles. The third kappa shape index (κ3) is 5.90. The molecule has 2 fully saturated rings. The summed E-state index contributed by atoms with van der Waals surface area (Å²) in [4.78, 5) is 20.8. The number of benzene rings is 2. The van der Waals surface area contributed by atoms with Gasteiger partial charge in [-0.2, -0.15) is 0 Å². The number of ether oxygens (including phenoxy) is 1. The molecule has 0 radical (unpaired) electrons. The minimum atomic E-state index is -0.222. The van der Waals surface area contributed by atoms with Crippen molar-refractivity contribution >= 4 is 11.6 Å². The van der Waals surface area contributed by atoms with Gasteiger partial charge in [-0.15, -0.1) is 0 Å². The number of fused-ring (bicyclic) bond motifs is 1. The van der Waals surface area contributed by atoms with E-state index in [9.17, 15) is 9.18 Å². The summed E-state index contributed by atoms with van der Waals surface area (Å²) in [5, 5.41) is 3.62.